The monoisotopic (exact) mass is 591 g/mol. The summed E-state index contributed by atoms with van der Waals surface area (Å²) in [5.74, 6) is -1.02. The molecule has 0 radical (unpaired) electrons. The van der Waals surface area contributed by atoms with Gasteiger partial charge in [-0.2, -0.15) is 22.7 Å². The molecule has 2 aromatic carbocycles. The van der Waals surface area contributed by atoms with Gasteiger partial charge >= 0.3 is 11.9 Å². The fraction of sp³-hybridized carbons (Fsp3) is 0.333. The van der Waals surface area contributed by atoms with Gasteiger partial charge in [-0.05, 0) is 123 Å². The number of hydrogen-bond donors (Lipinski definition) is 3. The molecule has 0 saturated carbocycles. The number of aryl methyl sites for hydroxylation is 1. The van der Waals surface area contributed by atoms with Gasteiger partial charge in [0.1, 0.15) is 5.75 Å². The lowest BCUT2D eigenvalue weighted by Crippen LogP contribution is -2.07. The number of rotatable bonds is 18. The van der Waals surface area contributed by atoms with Crippen LogP contribution in [0.3, 0.4) is 0 Å². The molecule has 0 saturated heterocycles. The number of unbranched alkanes of at least 4 members (excludes halogenated alkanes) is 3. The van der Waals surface area contributed by atoms with E-state index in [-0.39, 0.29) is 12.8 Å². The molecule has 0 aliphatic carbocycles. The van der Waals surface area contributed by atoms with E-state index >= 15 is 0 Å². The van der Waals surface area contributed by atoms with Gasteiger partial charge in [-0.3, -0.25) is 9.59 Å². The number of thiophene rings is 2. The van der Waals surface area contributed by atoms with E-state index in [2.05, 4.69) is 57.2 Å². The summed E-state index contributed by atoms with van der Waals surface area (Å²) < 4.78 is 5.86. The number of nitrogens with one attached hydrogen (secondary N) is 1. The molecule has 0 amide bonds. The van der Waals surface area contributed by atoms with E-state index in [4.69, 9.17) is 9.84 Å². The molecule has 0 spiro atoms. The first-order chi connectivity index (χ1) is 20.0. The van der Waals surface area contributed by atoms with E-state index in [0.717, 1.165) is 55.5 Å². The average molecular weight is 592 g/mol. The van der Waals surface area contributed by atoms with E-state index in [1.54, 1.807) is 22.7 Å². The van der Waals surface area contributed by atoms with E-state index in [0.29, 0.717) is 25.2 Å². The van der Waals surface area contributed by atoms with Crippen LogP contribution in [0.2, 0.25) is 0 Å². The Kier molecular flexibility index (Phi) is 11.8. The van der Waals surface area contributed by atoms with Gasteiger partial charge in [0.2, 0.25) is 0 Å². The summed E-state index contributed by atoms with van der Waals surface area (Å²) in [5, 5.41) is 30.3. The van der Waals surface area contributed by atoms with Crippen molar-refractivity contribution in [2.45, 2.75) is 57.8 Å². The van der Waals surface area contributed by atoms with Crippen LogP contribution in [0.5, 0.6) is 5.75 Å². The lowest BCUT2D eigenvalue weighted by molar-refractivity contribution is -0.138. The summed E-state index contributed by atoms with van der Waals surface area (Å²) in [7, 11) is 0. The van der Waals surface area contributed by atoms with Crippen LogP contribution in [-0.2, 0) is 22.4 Å². The Hall–Kier alpha value is -3.62. The molecule has 216 valence electrons. The topological polar surface area (TPSA) is 95.9 Å². The fourth-order valence-corrected chi connectivity index (χ4v) is 6.18. The molecule has 4 rings (SSSR count). The number of carboxylic acid groups (broad SMARTS) is 2. The van der Waals surface area contributed by atoms with Gasteiger partial charge in [-0.1, -0.05) is 25.0 Å². The maximum absolute atomic E-state index is 11.2. The standard InChI is InChI=1S/C33H37NO5S2/c35-32(36)10-6-16-39-31-9-5-8-24(30(31)11-12-33(37)38)7-3-1-2-4-15-34-29-20-27(25-13-17-40-22-25)19-28(21-29)26-14-18-41-23-26/h5,8-9,13-14,17-23,34H,1-4,6-7,10-12,15-16H2,(H,35,36)(H,37,38). The maximum Gasteiger partial charge on any atom is 0.303 e. The smallest absolute Gasteiger partial charge is 0.303 e. The van der Waals surface area contributed by atoms with Crippen LogP contribution in [0.1, 0.15) is 56.1 Å². The van der Waals surface area contributed by atoms with Crippen LogP contribution in [0, 0.1) is 0 Å². The molecule has 0 bridgehead atoms. The van der Waals surface area contributed by atoms with Crippen LogP contribution in [0.15, 0.2) is 70.1 Å². The number of ether oxygens (including phenoxy) is 1. The van der Waals surface area contributed by atoms with Crippen molar-refractivity contribution in [3.8, 4) is 28.0 Å². The molecule has 0 unspecified atom stereocenters. The summed E-state index contributed by atoms with van der Waals surface area (Å²) in [4.78, 5) is 22.0. The minimum absolute atomic E-state index is 0.0376. The molecule has 2 aromatic heterocycles. The number of carboxylic acids is 2. The number of anilines is 1. The summed E-state index contributed by atoms with van der Waals surface area (Å²) >= 11 is 3.42. The van der Waals surface area contributed by atoms with Crippen LogP contribution >= 0.6 is 22.7 Å². The summed E-state index contributed by atoms with van der Waals surface area (Å²) in [6.45, 7) is 1.20. The van der Waals surface area contributed by atoms with Crippen molar-refractivity contribution in [3.05, 3.63) is 81.2 Å². The van der Waals surface area contributed by atoms with Crippen LogP contribution in [0.25, 0.3) is 22.3 Å². The zero-order chi connectivity index (χ0) is 28.9. The Bertz CT molecular complexity index is 1330. The molecule has 0 aliphatic heterocycles. The Morgan fingerprint density at radius 2 is 1.41 bits per heavy atom. The summed E-state index contributed by atoms with van der Waals surface area (Å²) in [6, 6.07) is 16.9. The average Bonchev–Trinajstić information content (AvgIpc) is 3.69. The SMILES string of the molecule is O=C(O)CCCOc1cccc(CCCCCCNc2cc(-c3ccsc3)cc(-c3ccsc3)c2)c1CCC(=O)O. The van der Waals surface area contributed by atoms with Gasteiger partial charge in [0.05, 0.1) is 6.61 Å². The van der Waals surface area contributed by atoms with E-state index in [1.807, 2.05) is 18.2 Å². The molecule has 3 N–H and O–H groups in total. The molecule has 6 nitrogen and oxygen atoms in total. The third kappa shape index (κ3) is 9.76. The highest BCUT2D eigenvalue weighted by Gasteiger charge is 2.12. The van der Waals surface area contributed by atoms with Crippen molar-refractivity contribution in [1.29, 1.82) is 0 Å². The Labute approximate surface area is 249 Å². The first-order valence-corrected chi connectivity index (χ1v) is 16.0. The molecule has 0 aliphatic rings. The van der Waals surface area contributed by atoms with Gasteiger partial charge in [0.15, 0.2) is 0 Å². The predicted octanol–water partition coefficient (Wildman–Crippen LogP) is 8.62. The molecular formula is C33H37NO5S2. The first-order valence-electron chi connectivity index (χ1n) is 14.1. The Morgan fingerprint density at radius 1 is 0.732 bits per heavy atom. The van der Waals surface area contributed by atoms with Gasteiger partial charge in [0.25, 0.3) is 0 Å². The van der Waals surface area contributed by atoms with Crippen molar-refractivity contribution in [3.63, 3.8) is 0 Å². The van der Waals surface area contributed by atoms with Crippen molar-refractivity contribution >= 4 is 40.3 Å². The zero-order valence-electron chi connectivity index (χ0n) is 23.1. The zero-order valence-corrected chi connectivity index (χ0v) is 24.8. The lowest BCUT2D eigenvalue weighted by Gasteiger charge is -2.15. The third-order valence-corrected chi connectivity index (χ3v) is 8.32. The molecule has 2 heterocycles. The minimum atomic E-state index is -0.849. The number of benzene rings is 2. The molecule has 41 heavy (non-hydrogen) atoms. The second-order valence-corrected chi connectivity index (χ2v) is 11.6. The summed E-state index contributed by atoms with van der Waals surface area (Å²) in [5.41, 5.74) is 8.12. The van der Waals surface area contributed by atoms with E-state index in [9.17, 15) is 14.7 Å². The van der Waals surface area contributed by atoms with Gasteiger partial charge in [-0.25, -0.2) is 0 Å². The predicted molar refractivity (Wildman–Crippen MR) is 168 cm³/mol. The second kappa shape index (κ2) is 16.0. The van der Waals surface area contributed by atoms with Gasteiger partial charge in [-0.15, -0.1) is 0 Å². The number of carbonyl (C=O) groups is 2. The maximum atomic E-state index is 11.2. The fourth-order valence-electron chi connectivity index (χ4n) is 4.85. The molecule has 0 fully saturated rings. The van der Waals surface area contributed by atoms with Crippen molar-refractivity contribution in [2.75, 3.05) is 18.5 Å². The van der Waals surface area contributed by atoms with E-state index in [1.165, 1.54) is 22.3 Å². The Morgan fingerprint density at radius 3 is 2.05 bits per heavy atom. The van der Waals surface area contributed by atoms with Gasteiger partial charge in [0, 0.05) is 25.1 Å². The number of aliphatic carboxylic acids is 2. The second-order valence-electron chi connectivity index (χ2n) is 10.0. The van der Waals surface area contributed by atoms with E-state index < -0.39 is 11.9 Å². The largest absolute Gasteiger partial charge is 0.493 e. The number of hydrogen-bond acceptors (Lipinski definition) is 6. The first kappa shape index (κ1) is 30.3. The Balaban J connectivity index is 1.27. The van der Waals surface area contributed by atoms with Crippen molar-refractivity contribution < 1.29 is 24.5 Å². The highest BCUT2D eigenvalue weighted by atomic mass is 32.1. The highest BCUT2D eigenvalue weighted by molar-refractivity contribution is 7.08. The normalized spacial score (nSPS) is 10.9. The van der Waals surface area contributed by atoms with Gasteiger partial charge < -0.3 is 20.3 Å². The van der Waals surface area contributed by atoms with Crippen LogP contribution in [-0.4, -0.2) is 35.3 Å². The molecule has 0 atom stereocenters. The third-order valence-electron chi connectivity index (χ3n) is 6.96. The highest BCUT2D eigenvalue weighted by Crippen LogP contribution is 2.32. The molecule has 8 heteroatoms. The quantitative estimate of drug-likeness (QED) is 0.100. The van der Waals surface area contributed by atoms with Crippen LogP contribution in [0.4, 0.5) is 5.69 Å². The lowest BCUT2D eigenvalue weighted by atomic mass is 9.96. The van der Waals surface area contributed by atoms with Crippen molar-refractivity contribution in [1.82, 2.24) is 0 Å². The molecule has 4 aromatic rings. The van der Waals surface area contributed by atoms with Crippen LogP contribution < -0.4 is 10.1 Å². The van der Waals surface area contributed by atoms with Crippen molar-refractivity contribution in [2.24, 2.45) is 0 Å². The molecular weight excluding hydrogens is 554 g/mol. The summed E-state index contributed by atoms with van der Waals surface area (Å²) in [6.07, 6.45) is 6.03. The minimum Gasteiger partial charge on any atom is -0.493 e.